The SMILES string of the molecule is CCCCC(=CC(C)C)CCCC. The third kappa shape index (κ3) is 8.08. The molecule has 0 fully saturated rings. The summed E-state index contributed by atoms with van der Waals surface area (Å²) in [6.07, 6.45) is 10.5. The van der Waals surface area contributed by atoms with E-state index in [0.29, 0.717) is 0 Å². The van der Waals surface area contributed by atoms with E-state index in [0.717, 1.165) is 5.92 Å². The van der Waals surface area contributed by atoms with Crippen LogP contribution in [0.2, 0.25) is 0 Å². The second-order valence-electron chi connectivity index (χ2n) is 4.28. The van der Waals surface area contributed by atoms with E-state index in [-0.39, 0.29) is 0 Å². The highest BCUT2D eigenvalue weighted by Crippen LogP contribution is 2.17. The van der Waals surface area contributed by atoms with Gasteiger partial charge >= 0.3 is 0 Å². The van der Waals surface area contributed by atoms with E-state index >= 15 is 0 Å². The number of hydrogen-bond acceptors (Lipinski definition) is 0. The van der Waals surface area contributed by atoms with Crippen LogP contribution in [0.4, 0.5) is 0 Å². The van der Waals surface area contributed by atoms with Crippen LogP contribution < -0.4 is 0 Å². The second kappa shape index (κ2) is 8.34. The van der Waals surface area contributed by atoms with Gasteiger partial charge in [-0.05, 0) is 31.6 Å². The predicted octanol–water partition coefficient (Wildman–Crippen LogP) is 4.95. The fourth-order valence-corrected chi connectivity index (χ4v) is 1.57. The zero-order chi connectivity index (χ0) is 10.1. The van der Waals surface area contributed by atoms with Crippen LogP contribution in [0.25, 0.3) is 0 Å². The van der Waals surface area contributed by atoms with E-state index in [9.17, 15) is 0 Å². The fraction of sp³-hybridized carbons (Fsp3) is 0.846. The molecule has 0 aliphatic rings. The van der Waals surface area contributed by atoms with Gasteiger partial charge in [-0.1, -0.05) is 52.2 Å². The second-order valence-corrected chi connectivity index (χ2v) is 4.28. The van der Waals surface area contributed by atoms with Crippen LogP contribution in [-0.2, 0) is 0 Å². The Morgan fingerprint density at radius 1 is 1.00 bits per heavy atom. The minimum absolute atomic E-state index is 0.726. The van der Waals surface area contributed by atoms with Gasteiger partial charge in [0.25, 0.3) is 0 Å². The first-order chi connectivity index (χ1) is 6.20. The number of unbranched alkanes of at least 4 members (excludes halogenated alkanes) is 2. The summed E-state index contributed by atoms with van der Waals surface area (Å²) >= 11 is 0. The van der Waals surface area contributed by atoms with Gasteiger partial charge in [0.2, 0.25) is 0 Å². The molecule has 0 aromatic carbocycles. The van der Waals surface area contributed by atoms with Crippen molar-refractivity contribution in [2.75, 3.05) is 0 Å². The summed E-state index contributed by atoms with van der Waals surface area (Å²) in [5, 5.41) is 0. The molecule has 0 radical (unpaired) electrons. The molecule has 0 heteroatoms. The average molecular weight is 182 g/mol. The summed E-state index contributed by atoms with van der Waals surface area (Å²) in [7, 11) is 0. The van der Waals surface area contributed by atoms with Crippen LogP contribution in [0.5, 0.6) is 0 Å². The highest BCUT2D eigenvalue weighted by Gasteiger charge is 1.98. The quantitative estimate of drug-likeness (QED) is 0.489. The van der Waals surface area contributed by atoms with Crippen molar-refractivity contribution in [2.45, 2.75) is 66.2 Å². The van der Waals surface area contributed by atoms with Gasteiger partial charge in [0.15, 0.2) is 0 Å². The molecule has 0 aromatic rings. The molecule has 0 N–H and O–H groups in total. The maximum absolute atomic E-state index is 2.46. The molecule has 0 saturated heterocycles. The maximum atomic E-state index is 2.46. The highest BCUT2D eigenvalue weighted by atomic mass is 14.0. The Morgan fingerprint density at radius 2 is 1.46 bits per heavy atom. The lowest BCUT2D eigenvalue weighted by molar-refractivity contribution is 0.693. The standard InChI is InChI=1S/C13H26/c1-5-7-9-13(10-8-6-2)11-12(3)4/h11-12H,5-10H2,1-4H3. The summed E-state index contributed by atoms with van der Waals surface area (Å²) in [5.74, 6) is 0.726. The molecule has 0 aromatic heterocycles. The lowest BCUT2D eigenvalue weighted by atomic mass is 9.99. The topological polar surface area (TPSA) is 0 Å². The third-order valence-corrected chi connectivity index (χ3v) is 2.27. The molecule has 0 amide bonds. The first kappa shape index (κ1) is 12.7. The molecule has 0 aliphatic heterocycles. The van der Waals surface area contributed by atoms with E-state index in [2.05, 4.69) is 33.8 Å². The smallest absolute Gasteiger partial charge is 0.0288 e. The zero-order valence-corrected chi connectivity index (χ0v) is 9.90. The molecule has 0 saturated carbocycles. The van der Waals surface area contributed by atoms with Gasteiger partial charge in [0.05, 0.1) is 0 Å². The molecule has 0 bridgehead atoms. The van der Waals surface area contributed by atoms with Gasteiger partial charge in [-0.2, -0.15) is 0 Å². The van der Waals surface area contributed by atoms with Crippen LogP contribution in [0.1, 0.15) is 66.2 Å². The third-order valence-electron chi connectivity index (χ3n) is 2.27. The molecule has 0 unspecified atom stereocenters. The van der Waals surface area contributed by atoms with Crippen LogP contribution >= 0.6 is 0 Å². The summed E-state index contributed by atoms with van der Waals surface area (Å²) in [6.45, 7) is 9.09. The molecule has 0 heterocycles. The van der Waals surface area contributed by atoms with Crippen molar-refractivity contribution in [1.29, 1.82) is 0 Å². The van der Waals surface area contributed by atoms with E-state index < -0.39 is 0 Å². The van der Waals surface area contributed by atoms with Gasteiger partial charge in [-0.25, -0.2) is 0 Å². The van der Waals surface area contributed by atoms with Crippen molar-refractivity contribution in [2.24, 2.45) is 5.92 Å². The van der Waals surface area contributed by atoms with E-state index in [1.807, 2.05) is 0 Å². The monoisotopic (exact) mass is 182 g/mol. The lowest BCUT2D eigenvalue weighted by Crippen LogP contribution is -1.89. The average Bonchev–Trinajstić information content (AvgIpc) is 2.09. The molecular weight excluding hydrogens is 156 g/mol. The van der Waals surface area contributed by atoms with Crippen molar-refractivity contribution >= 4 is 0 Å². The maximum Gasteiger partial charge on any atom is -0.0288 e. The number of rotatable bonds is 7. The minimum atomic E-state index is 0.726. The molecule has 78 valence electrons. The molecule has 0 rings (SSSR count). The Morgan fingerprint density at radius 3 is 1.77 bits per heavy atom. The summed E-state index contributed by atoms with van der Waals surface area (Å²) < 4.78 is 0. The van der Waals surface area contributed by atoms with Crippen LogP contribution in [0, 0.1) is 5.92 Å². The molecular formula is C13H26. The Hall–Kier alpha value is -0.260. The van der Waals surface area contributed by atoms with Crippen molar-refractivity contribution in [3.8, 4) is 0 Å². The molecule has 0 nitrogen and oxygen atoms in total. The van der Waals surface area contributed by atoms with Crippen LogP contribution in [0.15, 0.2) is 11.6 Å². The first-order valence-corrected chi connectivity index (χ1v) is 5.90. The van der Waals surface area contributed by atoms with Gasteiger partial charge in [-0.3, -0.25) is 0 Å². The highest BCUT2D eigenvalue weighted by molar-refractivity contribution is 5.03. The molecule has 0 spiro atoms. The number of hydrogen-bond donors (Lipinski definition) is 0. The predicted molar refractivity (Wildman–Crippen MR) is 62.0 cm³/mol. The number of allylic oxidation sites excluding steroid dienone is 2. The summed E-state index contributed by atoms with van der Waals surface area (Å²) in [5.41, 5.74) is 1.69. The Labute approximate surface area is 84.4 Å². The van der Waals surface area contributed by atoms with E-state index in [1.54, 1.807) is 5.57 Å². The Balaban J connectivity index is 3.87. The Bertz CT molecular complexity index is 121. The van der Waals surface area contributed by atoms with Gasteiger partial charge in [-0.15, -0.1) is 0 Å². The van der Waals surface area contributed by atoms with Crippen molar-refractivity contribution in [1.82, 2.24) is 0 Å². The zero-order valence-electron chi connectivity index (χ0n) is 9.90. The molecule has 13 heavy (non-hydrogen) atoms. The molecule has 0 aliphatic carbocycles. The normalized spacial score (nSPS) is 10.5. The minimum Gasteiger partial charge on any atom is -0.0828 e. The van der Waals surface area contributed by atoms with E-state index in [1.165, 1.54) is 38.5 Å². The summed E-state index contributed by atoms with van der Waals surface area (Å²) in [4.78, 5) is 0. The van der Waals surface area contributed by atoms with Crippen molar-refractivity contribution in [3.63, 3.8) is 0 Å². The fourth-order valence-electron chi connectivity index (χ4n) is 1.57. The molecule has 0 atom stereocenters. The summed E-state index contributed by atoms with van der Waals surface area (Å²) in [6, 6.07) is 0. The van der Waals surface area contributed by atoms with Crippen molar-refractivity contribution in [3.05, 3.63) is 11.6 Å². The van der Waals surface area contributed by atoms with Gasteiger partial charge in [0.1, 0.15) is 0 Å². The van der Waals surface area contributed by atoms with Crippen LogP contribution in [0.3, 0.4) is 0 Å². The van der Waals surface area contributed by atoms with E-state index in [4.69, 9.17) is 0 Å². The van der Waals surface area contributed by atoms with Crippen molar-refractivity contribution < 1.29 is 0 Å². The van der Waals surface area contributed by atoms with Crippen LogP contribution in [-0.4, -0.2) is 0 Å². The first-order valence-electron chi connectivity index (χ1n) is 5.90. The van der Waals surface area contributed by atoms with Gasteiger partial charge < -0.3 is 0 Å². The Kier molecular flexibility index (Phi) is 8.18. The lowest BCUT2D eigenvalue weighted by Gasteiger charge is -2.07. The van der Waals surface area contributed by atoms with Gasteiger partial charge in [0, 0.05) is 0 Å². The largest absolute Gasteiger partial charge is 0.0828 e.